The minimum absolute atomic E-state index is 0.0359. The molecule has 2 N–H and O–H groups in total. The Morgan fingerprint density at radius 1 is 1.62 bits per heavy atom. The lowest BCUT2D eigenvalue weighted by molar-refractivity contribution is -0.143. The van der Waals surface area contributed by atoms with Crippen LogP contribution < -0.4 is 5.73 Å². The van der Waals surface area contributed by atoms with Crippen LogP contribution in [0.4, 0.5) is 0 Å². The molecule has 0 heterocycles. The van der Waals surface area contributed by atoms with Gasteiger partial charge in [-0.1, -0.05) is 0 Å². The van der Waals surface area contributed by atoms with E-state index in [0.29, 0.717) is 13.0 Å². The minimum Gasteiger partial charge on any atom is -0.466 e. The Bertz CT molecular complexity index is 142. The highest BCUT2D eigenvalue weighted by Gasteiger charge is 2.09. The molecule has 0 aromatic carbocycles. The van der Waals surface area contributed by atoms with Gasteiger partial charge in [-0.3, -0.25) is 4.79 Å². The third-order valence-electron chi connectivity index (χ3n) is 1.66. The molecule has 0 spiro atoms. The number of hydrogen-bond acceptors (Lipinski definition) is 4. The fraction of sp³-hybridized carbons (Fsp3) is 0.889. The smallest absolute Gasteiger partial charge is 0.307 e. The molecule has 1 unspecified atom stereocenters. The number of hydrogen-bond donors (Lipinski definition) is 1. The van der Waals surface area contributed by atoms with Gasteiger partial charge in [0, 0.05) is 6.04 Å². The summed E-state index contributed by atoms with van der Waals surface area (Å²) in [5, 5.41) is 0. The van der Waals surface area contributed by atoms with Crippen LogP contribution in [0, 0.1) is 0 Å². The SMILES string of the molecule is CCOC(=O)CC(N)CCCSC. The molecule has 0 bridgehead atoms. The lowest BCUT2D eigenvalue weighted by Gasteiger charge is -2.09. The third kappa shape index (κ3) is 8.12. The molecule has 4 heteroatoms. The third-order valence-corrected chi connectivity index (χ3v) is 2.35. The maximum absolute atomic E-state index is 11.0. The van der Waals surface area contributed by atoms with Gasteiger partial charge in [0.2, 0.25) is 0 Å². The molecule has 13 heavy (non-hydrogen) atoms. The van der Waals surface area contributed by atoms with Gasteiger partial charge in [0.1, 0.15) is 0 Å². The highest BCUT2D eigenvalue weighted by molar-refractivity contribution is 7.98. The predicted molar refractivity (Wildman–Crippen MR) is 56.8 cm³/mol. The fourth-order valence-electron chi connectivity index (χ4n) is 1.03. The Morgan fingerprint density at radius 2 is 2.31 bits per heavy atom. The summed E-state index contributed by atoms with van der Waals surface area (Å²) in [6.07, 6.45) is 4.39. The molecule has 0 saturated carbocycles. The van der Waals surface area contributed by atoms with Gasteiger partial charge in [0.15, 0.2) is 0 Å². The Kier molecular flexibility index (Phi) is 8.24. The van der Waals surface area contributed by atoms with Crippen LogP contribution >= 0.6 is 11.8 Å². The molecule has 0 aromatic rings. The molecule has 0 radical (unpaired) electrons. The molecule has 0 aliphatic heterocycles. The van der Waals surface area contributed by atoms with Gasteiger partial charge in [-0.15, -0.1) is 0 Å². The number of nitrogens with two attached hydrogens (primary N) is 1. The van der Waals surface area contributed by atoms with E-state index in [2.05, 4.69) is 6.26 Å². The summed E-state index contributed by atoms with van der Waals surface area (Å²) >= 11 is 1.80. The van der Waals surface area contributed by atoms with Crippen LogP contribution in [-0.4, -0.2) is 30.6 Å². The van der Waals surface area contributed by atoms with E-state index in [1.807, 2.05) is 0 Å². The van der Waals surface area contributed by atoms with Crippen LogP contribution in [0.3, 0.4) is 0 Å². The van der Waals surface area contributed by atoms with E-state index in [9.17, 15) is 4.79 Å². The number of thioether (sulfide) groups is 1. The van der Waals surface area contributed by atoms with Crippen molar-refractivity contribution in [1.82, 2.24) is 0 Å². The molecule has 0 fully saturated rings. The Balaban J connectivity index is 3.38. The van der Waals surface area contributed by atoms with Crippen LogP contribution in [0.1, 0.15) is 26.2 Å². The minimum atomic E-state index is -0.181. The molecule has 0 aliphatic rings. The molecular formula is C9H19NO2S. The molecule has 0 rings (SSSR count). The van der Waals surface area contributed by atoms with Crippen molar-refractivity contribution in [3.63, 3.8) is 0 Å². The van der Waals surface area contributed by atoms with E-state index in [4.69, 9.17) is 10.5 Å². The van der Waals surface area contributed by atoms with E-state index >= 15 is 0 Å². The maximum atomic E-state index is 11.0. The van der Waals surface area contributed by atoms with E-state index in [0.717, 1.165) is 18.6 Å². The van der Waals surface area contributed by atoms with Crippen molar-refractivity contribution in [3.05, 3.63) is 0 Å². The van der Waals surface area contributed by atoms with Gasteiger partial charge in [-0.05, 0) is 31.8 Å². The van der Waals surface area contributed by atoms with E-state index < -0.39 is 0 Å². The highest BCUT2D eigenvalue weighted by atomic mass is 32.2. The molecule has 0 saturated heterocycles. The zero-order valence-corrected chi connectivity index (χ0v) is 9.23. The second kappa shape index (κ2) is 8.38. The average molecular weight is 205 g/mol. The Morgan fingerprint density at radius 3 is 2.85 bits per heavy atom. The van der Waals surface area contributed by atoms with Gasteiger partial charge < -0.3 is 10.5 Å². The largest absolute Gasteiger partial charge is 0.466 e. The zero-order chi connectivity index (χ0) is 10.1. The number of ether oxygens (including phenoxy) is 1. The van der Waals surface area contributed by atoms with Crippen molar-refractivity contribution in [3.8, 4) is 0 Å². The molecule has 3 nitrogen and oxygen atoms in total. The Hall–Kier alpha value is -0.220. The van der Waals surface area contributed by atoms with Crippen molar-refractivity contribution in [2.75, 3.05) is 18.6 Å². The summed E-state index contributed by atoms with van der Waals surface area (Å²) in [6.45, 7) is 2.24. The van der Waals surface area contributed by atoms with Gasteiger partial charge in [-0.25, -0.2) is 0 Å². The van der Waals surface area contributed by atoms with Gasteiger partial charge in [0.05, 0.1) is 13.0 Å². The predicted octanol–water partition coefficient (Wildman–Crippen LogP) is 1.41. The van der Waals surface area contributed by atoms with E-state index in [1.54, 1.807) is 18.7 Å². The van der Waals surface area contributed by atoms with E-state index in [-0.39, 0.29) is 12.0 Å². The molecule has 78 valence electrons. The number of rotatable bonds is 7. The fourth-order valence-corrected chi connectivity index (χ4v) is 1.48. The highest BCUT2D eigenvalue weighted by Crippen LogP contribution is 2.04. The van der Waals surface area contributed by atoms with Crippen molar-refractivity contribution in [1.29, 1.82) is 0 Å². The van der Waals surface area contributed by atoms with E-state index in [1.165, 1.54) is 0 Å². The first kappa shape index (κ1) is 12.8. The lowest BCUT2D eigenvalue weighted by Crippen LogP contribution is -2.25. The summed E-state index contributed by atoms with van der Waals surface area (Å²) < 4.78 is 4.79. The van der Waals surface area contributed by atoms with Gasteiger partial charge in [0.25, 0.3) is 0 Å². The molecule has 0 amide bonds. The molecule has 0 aliphatic carbocycles. The van der Waals surface area contributed by atoms with Crippen LogP contribution in [0.15, 0.2) is 0 Å². The van der Waals surface area contributed by atoms with Crippen molar-refractivity contribution >= 4 is 17.7 Å². The molecule has 1 atom stereocenters. The van der Waals surface area contributed by atoms with Crippen LogP contribution in [-0.2, 0) is 9.53 Å². The number of carbonyl (C=O) groups excluding carboxylic acids is 1. The first-order valence-electron chi connectivity index (χ1n) is 4.60. The second-order valence-electron chi connectivity index (χ2n) is 2.90. The number of carbonyl (C=O) groups is 1. The average Bonchev–Trinajstić information content (AvgIpc) is 2.05. The summed E-state index contributed by atoms with van der Waals surface area (Å²) in [5.74, 6) is 0.926. The maximum Gasteiger partial charge on any atom is 0.307 e. The number of esters is 1. The summed E-state index contributed by atoms with van der Waals surface area (Å²) in [4.78, 5) is 11.0. The van der Waals surface area contributed by atoms with Crippen LogP contribution in [0.5, 0.6) is 0 Å². The first-order valence-corrected chi connectivity index (χ1v) is 6.00. The first-order chi connectivity index (χ1) is 6.20. The topological polar surface area (TPSA) is 52.3 Å². The zero-order valence-electron chi connectivity index (χ0n) is 8.41. The molecular weight excluding hydrogens is 186 g/mol. The van der Waals surface area contributed by atoms with Crippen LogP contribution in [0.2, 0.25) is 0 Å². The van der Waals surface area contributed by atoms with Gasteiger partial charge in [-0.2, -0.15) is 11.8 Å². The molecule has 0 aromatic heterocycles. The van der Waals surface area contributed by atoms with Gasteiger partial charge >= 0.3 is 5.97 Å². The van der Waals surface area contributed by atoms with Crippen molar-refractivity contribution in [2.24, 2.45) is 5.73 Å². The lowest BCUT2D eigenvalue weighted by atomic mass is 10.1. The summed E-state index contributed by atoms with van der Waals surface area (Å²) in [5.41, 5.74) is 5.74. The summed E-state index contributed by atoms with van der Waals surface area (Å²) in [6, 6.07) is -0.0359. The summed E-state index contributed by atoms with van der Waals surface area (Å²) in [7, 11) is 0. The normalized spacial score (nSPS) is 12.5. The van der Waals surface area contributed by atoms with Crippen molar-refractivity contribution < 1.29 is 9.53 Å². The van der Waals surface area contributed by atoms with Crippen molar-refractivity contribution in [2.45, 2.75) is 32.2 Å². The standard InChI is InChI=1S/C9H19NO2S/c1-3-12-9(11)7-8(10)5-4-6-13-2/h8H,3-7,10H2,1-2H3. The Labute approximate surface area is 84.4 Å². The van der Waals surface area contributed by atoms with Crippen LogP contribution in [0.25, 0.3) is 0 Å². The quantitative estimate of drug-likeness (QED) is 0.504. The second-order valence-corrected chi connectivity index (χ2v) is 3.89. The monoisotopic (exact) mass is 205 g/mol.